The lowest BCUT2D eigenvalue weighted by Crippen LogP contribution is -2.03. The van der Waals surface area contributed by atoms with Crippen molar-refractivity contribution in [3.8, 4) is 0 Å². The summed E-state index contributed by atoms with van der Waals surface area (Å²) in [5.74, 6) is -0.0988. The molecule has 3 rings (SSSR count). The normalized spacial score (nSPS) is 15.1. The Bertz CT molecular complexity index is 720. The van der Waals surface area contributed by atoms with Crippen molar-refractivity contribution in [3.05, 3.63) is 63.6 Å². The van der Waals surface area contributed by atoms with Crippen LogP contribution in [0.2, 0.25) is 0 Å². The van der Waals surface area contributed by atoms with Gasteiger partial charge in [0.05, 0.1) is 0 Å². The van der Waals surface area contributed by atoms with Crippen molar-refractivity contribution in [1.29, 1.82) is 0 Å². The summed E-state index contributed by atoms with van der Waals surface area (Å²) in [6.07, 6.45) is 2.42. The van der Waals surface area contributed by atoms with E-state index in [0.717, 1.165) is 26.9 Å². The van der Waals surface area contributed by atoms with Gasteiger partial charge in [0.15, 0.2) is 0 Å². The first-order valence-corrected chi connectivity index (χ1v) is 7.50. The van der Waals surface area contributed by atoms with Crippen molar-refractivity contribution >= 4 is 39.2 Å². The molecule has 3 nitrogen and oxygen atoms in total. The molecule has 0 aromatic heterocycles. The molecular weight excluding hydrogens is 330 g/mol. The molecule has 0 radical (unpaired) electrons. The largest absolute Gasteiger partial charge is 0.396 e. The maximum atomic E-state index is 12.2. The number of carbonyl (C=O) groups is 1. The van der Waals surface area contributed by atoms with Gasteiger partial charge in [-0.05, 0) is 41.8 Å². The first kappa shape index (κ1) is 14.0. The summed E-state index contributed by atoms with van der Waals surface area (Å²) < 4.78 is 1.00. The minimum Gasteiger partial charge on any atom is -0.396 e. The molecule has 1 aliphatic rings. The average molecular weight is 344 g/mol. The van der Waals surface area contributed by atoms with Crippen molar-refractivity contribution < 1.29 is 9.90 Å². The van der Waals surface area contributed by atoms with Crippen LogP contribution in [0.4, 0.5) is 5.69 Å². The first-order valence-electron chi connectivity index (χ1n) is 6.71. The van der Waals surface area contributed by atoms with Gasteiger partial charge in [0.1, 0.15) is 0 Å². The lowest BCUT2D eigenvalue weighted by atomic mass is 9.97. The minimum absolute atomic E-state index is 0.0657. The Kier molecular flexibility index (Phi) is 3.90. The van der Waals surface area contributed by atoms with Gasteiger partial charge in [-0.2, -0.15) is 0 Å². The number of halogens is 1. The van der Waals surface area contributed by atoms with Gasteiger partial charge in [-0.15, -0.1) is 0 Å². The number of benzene rings is 2. The third-order valence-electron chi connectivity index (χ3n) is 3.48. The van der Waals surface area contributed by atoms with Gasteiger partial charge in [0.25, 0.3) is 5.91 Å². The maximum Gasteiger partial charge on any atom is 0.256 e. The number of hydrogen-bond donors (Lipinski definition) is 2. The first-order chi connectivity index (χ1) is 10.2. The van der Waals surface area contributed by atoms with Gasteiger partial charge >= 0.3 is 0 Å². The fraction of sp³-hybridized carbons (Fsp3) is 0.118. The molecule has 0 fully saturated rings. The summed E-state index contributed by atoms with van der Waals surface area (Å²) in [7, 11) is 0. The van der Waals surface area contributed by atoms with E-state index in [1.54, 1.807) is 0 Å². The summed E-state index contributed by atoms with van der Waals surface area (Å²) in [6, 6.07) is 13.5. The highest BCUT2D eigenvalue weighted by Crippen LogP contribution is 2.36. The molecule has 0 unspecified atom stereocenters. The van der Waals surface area contributed by atoms with Crippen LogP contribution in [-0.2, 0) is 11.2 Å². The molecule has 21 heavy (non-hydrogen) atoms. The van der Waals surface area contributed by atoms with Crippen molar-refractivity contribution in [2.24, 2.45) is 0 Å². The van der Waals surface area contributed by atoms with Crippen molar-refractivity contribution in [2.75, 3.05) is 11.9 Å². The maximum absolute atomic E-state index is 12.2. The Morgan fingerprint density at radius 3 is 2.62 bits per heavy atom. The lowest BCUT2D eigenvalue weighted by Gasteiger charge is -2.06. The number of carbonyl (C=O) groups excluding carboxylic acids is 1. The van der Waals surface area contributed by atoms with E-state index < -0.39 is 0 Å². The zero-order valence-corrected chi connectivity index (χ0v) is 12.9. The smallest absolute Gasteiger partial charge is 0.256 e. The van der Waals surface area contributed by atoms with Crippen LogP contribution in [0.15, 0.2) is 46.9 Å². The SMILES string of the molecule is O=C1Nc2cccc(CCO)c2C1=Cc1ccc(Br)cc1. The van der Waals surface area contributed by atoms with Gasteiger partial charge in [-0.1, -0.05) is 40.2 Å². The van der Waals surface area contributed by atoms with Crippen LogP contribution in [0.25, 0.3) is 11.6 Å². The number of rotatable bonds is 3. The number of aliphatic hydroxyl groups excluding tert-OH is 1. The number of hydrogen-bond acceptors (Lipinski definition) is 2. The monoisotopic (exact) mass is 343 g/mol. The second-order valence-electron chi connectivity index (χ2n) is 4.88. The van der Waals surface area contributed by atoms with Crippen LogP contribution in [0.1, 0.15) is 16.7 Å². The molecule has 0 aliphatic carbocycles. The molecule has 2 N–H and O–H groups in total. The minimum atomic E-state index is -0.0988. The van der Waals surface area contributed by atoms with Crippen molar-refractivity contribution in [2.45, 2.75) is 6.42 Å². The predicted octanol–water partition coefficient (Wildman–Crippen LogP) is 3.48. The molecule has 0 saturated carbocycles. The zero-order valence-electron chi connectivity index (χ0n) is 11.3. The molecule has 1 aliphatic heterocycles. The highest BCUT2D eigenvalue weighted by Gasteiger charge is 2.26. The van der Waals surface area contributed by atoms with E-state index >= 15 is 0 Å². The van der Waals surface area contributed by atoms with Crippen molar-refractivity contribution in [1.82, 2.24) is 0 Å². The summed E-state index contributed by atoms with van der Waals surface area (Å²) in [5.41, 5.74) is 4.32. The second kappa shape index (κ2) is 5.84. The Hall–Kier alpha value is -1.91. The Balaban J connectivity index is 2.09. The molecule has 0 spiro atoms. The fourth-order valence-electron chi connectivity index (χ4n) is 2.52. The molecule has 0 saturated heterocycles. The Morgan fingerprint density at radius 2 is 1.90 bits per heavy atom. The number of aliphatic hydroxyl groups is 1. The Labute approximate surface area is 131 Å². The molecular formula is C17H14BrNO2. The van der Waals surface area contributed by atoms with Gasteiger partial charge in [-0.3, -0.25) is 4.79 Å². The van der Waals surface area contributed by atoms with E-state index in [1.165, 1.54) is 0 Å². The van der Waals surface area contributed by atoms with Crippen LogP contribution >= 0.6 is 15.9 Å². The highest BCUT2D eigenvalue weighted by molar-refractivity contribution is 9.10. The number of nitrogens with one attached hydrogen (secondary N) is 1. The van der Waals surface area contributed by atoms with E-state index in [1.807, 2.05) is 48.5 Å². The number of amides is 1. The summed E-state index contributed by atoms with van der Waals surface area (Å²) in [6.45, 7) is 0.0657. The van der Waals surface area contributed by atoms with E-state index in [-0.39, 0.29) is 12.5 Å². The molecule has 2 aromatic rings. The van der Waals surface area contributed by atoms with E-state index in [2.05, 4.69) is 21.2 Å². The second-order valence-corrected chi connectivity index (χ2v) is 5.79. The van der Waals surface area contributed by atoms with Gasteiger partial charge in [0, 0.05) is 27.9 Å². The van der Waals surface area contributed by atoms with Gasteiger partial charge in [-0.25, -0.2) is 0 Å². The molecule has 0 atom stereocenters. The summed E-state index contributed by atoms with van der Waals surface area (Å²) in [4.78, 5) is 12.2. The molecule has 1 heterocycles. The zero-order chi connectivity index (χ0) is 14.8. The average Bonchev–Trinajstić information content (AvgIpc) is 2.79. The summed E-state index contributed by atoms with van der Waals surface area (Å²) >= 11 is 3.40. The predicted molar refractivity (Wildman–Crippen MR) is 87.9 cm³/mol. The van der Waals surface area contributed by atoms with E-state index in [9.17, 15) is 9.90 Å². The van der Waals surface area contributed by atoms with Crippen LogP contribution in [0.5, 0.6) is 0 Å². The number of anilines is 1. The third kappa shape index (κ3) is 2.77. The van der Waals surface area contributed by atoms with E-state index in [4.69, 9.17) is 0 Å². The van der Waals surface area contributed by atoms with Crippen LogP contribution in [0.3, 0.4) is 0 Å². The molecule has 2 aromatic carbocycles. The quantitative estimate of drug-likeness (QED) is 0.838. The van der Waals surface area contributed by atoms with Crippen LogP contribution in [-0.4, -0.2) is 17.6 Å². The topological polar surface area (TPSA) is 49.3 Å². The van der Waals surface area contributed by atoms with Crippen LogP contribution < -0.4 is 5.32 Å². The molecule has 1 amide bonds. The molecule has 106 valence electrons. The van der Waals surface area contributed by atoms with E-state index in [0.29, 0.717) is 12.0 Å². The molecule has 4 heteroatoms. The third-order valence-corrected chi connectivity index (χ3v) is 4.00. The van der Waals surface area contributed by atoms with Crippen molar-refractivity contribution in [3.63, 3.8) is 0 Å². The van der Waals surface area contributed by atoms with Gasteiger partial charge < -0.3 is 10.4 Å². The lowest BCUT2D eigenvalue weighted by molar-refractivity contribution is -0.110. The standard InChI is InChI=1S/C17H14BrNO2/c18-13-6-4-11(5-7-13)10-14-16-12(8-9-20)2-1-3-15(16)19-17(14)21/h1-7,10,20H,8-9H2,(H,19,21). The fourth-order valence-corrected chi connectivity index (χ4v) is 2.78. The van der Waals surface area contributed by atoms with Crippen LogP contribution in [0, 0.1) is 0 Å². The Morgan fingerprint density at radius 1 is 1.14 bits per heavy atom. The number of fused-ring (bicyclic) bond motifs is 1. The van der Waals surface area contributed by atoms with Gasteiger partial charge in [0.2, 0.25) is 0 Å². The molecule has 0 bridgehead atoms. The summed E-state index contributed by atoms with van der Waals surface area (Å²) in [5, 5.41) is 12.1. The highest BCUT2D eigenvalue weighted by atomic mass is 79.9.